The monoisotopic (exact) mass is 283 g/mol. The number of thiocarbonyl (C=S) groups is 1. The first-order valence-corrected chi connectivity index (χ1v) is 8.24. The lowest BCUT2D eigenvalue weighted by Crippen LogP contribution is -2.31. The topological polar surface area (TPSA) is 20.3 Å². The van der Waals surface area contributed by atoms with Crippen LogP contribution in [0.4, 0.5) is 0 Å². The average Bonchev–Trinajstić information content (AvgIpc) is 2.42. The molecule has 0 saturated heterocycles. The van der Waals surface area contributed by atoms with E-state index in [1.165, 1.54) is 0 Å². The minimum atomic E-state index is -0.890. The molecule has 0 aromatic heterocycles. The summed E-state index contributed by atoms with van der Waals surface area (Å²) < 4.78 is 0.839. The lowest BCUT2D eigenvalue weighted by molar-refractivity contribution is 0.108. The molecular formula is C14H21NOS2. The van der Waals surface area contributed by atoms with Crippen molar-refractivity contribution in [2.24, 2.45) is 0 Å². The van der Waals surface area contributed by atoms with Crippen LogP contribution in [-0.2, 0) is 0 Å². The smallest absolute Gasteiger partial charge is 0.205 e. The van der Waals surface area contributed by atoms with Gasteiger partial charge in [0, 0.05) is 18.7 Å². The number of carbonyl (C=O) groups is 1. The molecule has 0 N–H and O–H groups in total. The summed E-state index contributed by atoms with van der Waals surface area (Å²) in [6.07, 6.45) is 0. The van der Waals surface area contributed by atoms with Crippen molar-refractivity contribution in [1.82, 2.24) is 4.90 Å². The highest BCUT2D eigenvalue weighted by atomic mass is 32.2. The molecule has 0 aliphatic carbocycles. The van der Waals surface area contributed by atoms with E-state index >= 15 is 0 Å². The van der Waals surface area contributed by atoms with Gasteiger partial charge in [-0.3, -0.25) is 4.79 Å². The summed E-state index contributed by atoms with van der Waals surface area (Å²) in [5.74, 6) is 0.818. The van der Waals surface area contributed by atoms with Crippen molar-refractivity contribution in [3.8, 4) is 0 Å². The largest absolute Gasteiger partial charge is 0.359 e. The molecule has 0 aliphatic rings. The Bertz CT molecular complexity index is 402. The van der Waals surface area contributed by atoms with E-state index in [-0.39, 0.29) is 5.12 Å². The maximum Gasteiger partial charge on any atom is 0.205 e. The molecule has 0 bridgehead atoms. The summed E-state index contributed by atoms with van der Waals surface area (Å²) >= 11 is 5.50. The second-order valence-corrected chi connectivity index (χ2v) is 6.88. The van der Waals surface area contributed by atoms with Gasteiger partial charge in [0.05, 0.1) is 0 Å². The summed E-state index contributed by atoms with van der Waals surface area (Å²) in [6, 6.07) is 9.47. The Kier molecular flexibility index (Phi) is 6.36. The van der Waals surface area contributed by atoms with Crippen LogP contribution < -0.4 is 0 Å². The number of nitrogens with zero attached hydrogens (tertiary/aromatic N) is 1. The predicted octanol–water partition coefficient (Wildman–Crippen LogP) is 3.47. The van der Waals surface area contributed by atoms with Gasteiger partial charge in [0.25, 0.3) is 0 Å². The lowest BCUT2D eigenvalue weighted by Gasteiger charge is -2.29. The first-order valence-electron chi connectivity index (χ1n) is 6.31. The van der Waals surface area contributed by atoms with Gasteiger partial charge in [0.2, 0.25) is 5.12 Å². The summed E-state index contributed by atoms with van der Waals surface area (Å²) in [5, 5.41) is 0.199. The molecule has 0 saturated carbocycles. The van der Waals surface area contributed by atoms with E-state index < -0.39 is 10.9 Å². The molecule has 0 heterocycles. The van der Waals surface area contributed by atoms with E-state index in [0.717, 1.165) is 28.7 Å². The fourth-order valence-corrected chi connectivity index (χ4v) is 4.48. The Morgan fingerprint density at radius 3 is 2.17 bits per heavy atom. The Balaban J connectivity index is 2.90. The van der Waals surface area contributed by atoms with Crippen molar-refractivity contribution < 1.29 is 4.79 Å². The van der Waals surface area contributed by atoms with Gasteiger partial charge in [0.1, 0.15) is 4.32 Å². The molecule has 1 rings (SSSR count). The van der Waals surface area contributed by atoms with Gasteiger partial charge >= 0.3 is 0 Å². The number of carbonyl (C=O) groups excluding carboxylic acids is 1. The number of hydrogen-bond acceptors (Lipinski definition) is 2. The standard InChI is InChI=1S/C14H21NOS2/c1-4-15(5-2)14(17)18(6-3)13(16)12-10-8-7-9-11-12/h7-11,18H,4-6H2,1-3H3. The molecule has 1 atom stereocenters. The van der Waals surface area contributed by atoms with Crippen LogP contribution in [0.3, 0.4) is 0 Å². The zero-order valence-corrected chi connectivity index (χ0v) is 12.9. The Morgan fingerprint density at radius 1 is 1.17 bits per heavy atom. The van der Waals surface area contributed by atoms with Crippen LogP contribution >= 0.6 is 23.1 Å². The highest BCUT2D eigenvalue weighted by Gasteiger charge is 2.21. The summed E-state index contributed by atoms with van der Waals surface area (Å²) in [6.45, 7) is 7.94. The first kappa shape index (κ1) is 15.2. The van der Waals surface area contributed by atoms with E-state index in [1.54, 1.807) is 0 Å². The van der Waals surface area contributed by atoms with Gasteiger partial charge < -0.3 is 4.90 Å². The Hall–Kier alpha value is -0.870. The fraction of sp³-hybridized carbons (Fsp3) is 0.429. The van der Waals surface area contributed by atoms with Crippen LogP contribution in [0.15, 0.2) is 30.3 Å². The molecule has 1 unspecified atom stereocenters. The number of rotatable bonds is 4. The third-order valence-electron chi connectivity index (χ3n) is 2.85. The third-order valence-corrected chi connectivity index (χ3v) is 5.89. The fourth-order valence-electron chi connectivity index (χ4n) is 1.77. The van der Waals surface area contributed by atoms with Gasteiger partial charge in [0.15, 0.2) is 0 Å². The molecule has 4 heteroatoms. The number of benzene rings is 1. The minimum absolute atomic E-state index is 0.199. The van der Waals surface area contributed by atoms with Gasteiger partial charge in [-0.15, -0.1) is 10.9 Å². The van der Waals surface area contributed by atoms with Crippen molar-refractivity contribution in [2.75, 3.05) is 18.8 Å². The number of thiol groups is 1. The molecule has 0 spiro atoms. The second-order valence-electron chi connectivity index (χ2n) is 3.87. The highest BCUT2D eigenvalue weighted by Crippen LogP contribution is 2.33. The molecule has 100 valence electrons. The maximum absolute atomic E-state index is 12.5. The van der Waals surface area contributed by atoms with E-state index in [1.807, 2.05) is 37.3 Å². The molecular weight excluding hydrogens is 262 g/mol. The maximum atomic E-state index is 12.5. The van der Waals surface area contributed by atoms with Crippen LogP contribution in [0.5, 0.6) is 0 Å². The SMILES string of the molecule is CCN(CC)C(=S)[SH](CC)C(=O)c1ccccc1. The van der Waals surface area contributed by atoms with E-state index in [0.29, 0.717) is 0 Å². The zero-order chi connectivity index (χ0) is 13.5. The van der Waals surface area contributed by atoms with Crippen molar-refractivity contribution in [3.63, 3.8) is 0 Å². The third kappa shape index (κ3) is 3.56. The first-order chi connectivity index (χ1) is 8.65. The molecule has 1 aromatic rings. The molecule has 0 amide bonds. The Labute approximate surface area is 118 Å². The predicted molar refractivity (Wildman–Crippen MR) is 85.8 cm³/mol. The van der Waals surface area contributed by atoms with E-state index in [9.17, 15) is 4.79 Å². The van der Waals surface area contributed by atoms with Crippen molar-refractivity contribution in [2.45, 2.75) is 20.8 Å². The van der Waals surface area contributed by atoms with Crippen LogP contribution in [0.25, 0.3) is 0 Å². The molecule has 18 heavy (non-hydrogen) atoms. The summed E-state index contributed by atoms with van der Waals surface area (Å²) in [5.41, 5.74) is 0.778. The second kappa shape index (κ2) is 7.54. The quantitative estimate of drug-likeness (QED) is 0.675. The van der Waals surface area contributed by atoms with Gasteiger partial charge in [-0.1, -0.05) is 49.5 Å². The zero-order valence-electron chi connectivity index (χ0n) is 11.2. The van der Waals surface area contributed by atoms with Crippen LogP contribution in [-0.4, -0.2) is 33.2 Å². The van der Waals surface area contributed by atoms with E-state index in [4.69, 9.17) is 12.2 Å². The van der Waals surface area contributed by atoms with Crippen LogP contribution in [0.2, 0.25) is 0 Å². The Morgan fingerprint density at radius 2 is 1.72 bits per heavy atom. The highest BCUT2D eigenvalue weighted by molar-refractivity contribution is 8.46. The summed E-state index contributed by atoms with van der Waals surface area (Å²) in [4.78, 5) is 14.6. The van der Waals surface area contributed by atoms with Gasteiger partial charge in [-0.2, -0.15) is 0 Å². The summed E-state index contributed by atoms with van der Waals surface area (Å²) in [7, 11) is -0.890. The minimum Gasteiger partial charge on any atom is -0.359 e. The van der Waals surface area contributed by atoms with Crippen molar-refractivity contribution in [1.29, 1.82) is 0 Å². The lowest BCUT2D eigenvalue weighted by atomic mass is 10.2. The van der Waals surface area contributed by atoms with Gasteiger partial charge in [-0.25, -0.2) is 0 Å². The number of hydrogen-bond donors (Lipinski definition) is 1. The van der Waals surface area contributed by atoms with Crippen molar-refractivity contribution in [3.05, 3.63) is 35.9 Å². The van der Waals surface area contributed by atoms with Crippen LogP contribution in [0.1, 0.15) is 31.1 Å². The normalized spacial score (nSPS) is 12.9. The molecule has 1 aromatic carbocycles. The molecule has 0 radical (unpaired) electrons. The van der Waals surface area contributed by atoms with Crippen LogP contribution in [0, 0.1) is 0 Å². The molecule has 0 fully saturated rings. The average molecular weight is 283 g/mol. The molecule has 0 aliphatic heterocycles. The molecule has 2 nitrogen and oxygen atoms in total. The van der Waals surface area contributed by atoms with Gasteiger partial charge in [-0.05, 0) is 19.6 Å². The van der Waals surface area contributed by atoms with E-state index in [2.05, 4.69) is 18.7 Å². The van der Waals surface area contributed by atoms with Crippen molar-refractivity contribution >= 4 is 32.5 Å².